The molecule has 1 heterocycles. The number of aliphatic hydroxyl groups excluding tert-OH is 1. The fourth-order valence-electron chi connectivity index (χ4n) is 3.92. The number of aliphatic hydroxyl groups is 1. The maximum atomic E-state index is 10.7. The van der Waals surface area contributed by atoms with Gasteiger partial charge in [0.1, 0.15) is 6.54 Å². The van der Waals surface area contributed by atoms with E-state index in [9.17, 15) is 14.4 Å². The molecule has 1 aliphatic rings. The molecule has 1 aromatic heterocycles. The summed E-state index contributed by atoms with van der Waals surface area (Å²) in [5, 5.41) is 20.5. The van der Waals surface area contributed by atoms with Crippen molar-refractivity contribution in [1.29, 1.82) is 0 Å². The monoisotopic (exact) mass is 712 g/mol. The van der Waals surface area contributed by atoms with Crippen LogP contribution in [0.5, 0.6) is 0 Å². The van der Waals surface area contributed by atoms with Gasteiger partial charge in [-0.1, -0.05) is 128 Å². The topological polar surface area (TPSA) is 132 Å². The molecule has 1 aliphatic carbocycles. The van der Waals surface area contributed by atoms with Crippen LogP contribution >= 0.6 is 0 Å². The third-order valence-corrected chi connectivity index (χ3v) is 6.13. The van der Waals surface area contributed by atoms with Crippen molar-refractivity contribution in [3.63, 3.8) is 0 Å². The number of hydrogen-bond donors (Lipinski definition) is 2. The predicted molar refractivity (Wildman–Crippen MR) is 214 cm³/mol. The first-order chi connectivity index (χ1) is 24.4. The maximum absolute atomic E-state index is 10.7. The third-order valence-electron chi connectivity index (χ3n) is 6.13. The van der Waals surface area contributed by atoms with E-state index in [1.54, 1.807) is 6.08 Å². The van der Waals surface area contributed by atoms with E-state index < -0.39 is 11.8 Å². The van der Waals surface area contributed by atoms with Crippen LogP contribution < -0.4 is 0 Å². The number of allylic oxidation sites excluding steroid dienone is 2. The van der Waals surface area contributed by atoms with E-state index in [1.165, 1.54) is 63.9 Å². The summed E-state index contributed by atoms with van der Waals surface area (Å²) in [5.41, 5.74) is 2.31. The minimum absolute atomic E-state index is 0.140. The van der Waals surface area contributed by atoms with Gasteiger partial charge in [0.15, 0.2) is 17.9 Å². The number of ketones is 1. The normalized spacial score (nSPS) is 11.8. The second kappa shape index (κ2) is 43.7. The van der Waals surface area contributed by atoms with E-state index in [0.29, 0.717) is 12.4 Å². The summed E-state index contributed by atoms with van der Waals surface area (Å²) < 4.78 is 6.59. The lowest BCUT2D eigenvalue weighted by molar-refractivity contribution is -0.117. The average Bonchev–Trinajstić information content (AvgIpc) is 3.54. The van der Waals surface area contributed by atoms with Gasteiger partial charge in [-0.15, -0.1) is 37.4 Å². The quantitative estimate of drug-likeness (QED) is 0.134. The molecule has 1 atom stereocenters. The minimum Gasteiger partial charge on any atom is -0.475 e. The van der Waals surface area contributed by atoms with Crippen LogP contribution in [0.15, 0.2) is 54.6 Å². The Morgan fingerprint density at radius 3 is 1.88 bits per heavy atom. The molecule has 0 radical (unpaired) electrons. The number of aromatic carboxylic acids is 1. The van der Waals surface area contributed by atoms with Crippen molar-refractivity contribution in [3.05, 3.63) is 71.8 Å². The van der Waals surface area contributed by atoms with Crippen molar-refractivity contribution in [2.75, 3.05) is 6.61 Å². The molecule has 1 fully saturated rings. The van der Waals surface area contributed by atoms with Gasteiger partial charge in [0.05, 0.1) is 19.3 Å². The number of aromatic nitrogens is 3. The van der Waals surface area contributed by atoms with E-state index in [0.717, 1.165) is 29.2 Å². The van der Waals surface area contributed by atoms with Gasteiger partial charge in [0.25, 0.3) is 5.82 Å². The predicted octanol–water partition coefficient (Wildman–Crippen LogP) is 9.80. The Morgan fingerprint density at radius 1 is 1.04 bits per heavy atom. The van der Waals surface area contributed by atoms with Gasteiger partial charge in [-0.3, -0.25) is 9.59 Å². The molecule has 0 spiro atoms. The number of terminal acetylenes is 2. The molecule has 0 amide bonds. The summed E-state index contributed by atoms with van der Waals surface area (Å²) in [4.78, 5) is 35.0. The SMILES string of the molecule is C#C.C#C.C=CC.CC(=O)Cn1nc(C(=O)O)nc1C=O.CC/C=C(\C)COC(C)CCC.CC1CCCCC1.CCC.OCc1ccccc1. The molecule has 9 heteroatoms. The first-order valence-corrected chi connectivity index (χ1v) is 17.7. The van der Waals surface area contributed by atoms with Crippen LogP contribution in [0.3, 0.4) is 0 Å². The molecule has 2 aromatic rings. The Balaban J connectivity index is -0.000000173. The Labute approximate surface area is 311 Å². The Hall–Kier alpha value is -4.31. The molecule has 1 unspecified atom stereocenters. The van der Waals surface area contributed by atoms with Gasteiger partial charge in [-0.25, -0.2) is 9.48 Å². The fraction of sp³-hybridized carbons (Fsp3) is 0.548. The fourth-order valence-corrected chi connectivity index (χ4v) is 3.92. The van der Waals surface area contributed by atoms with Crippen LogP contribution in [0.1, 0.15) is 147 Å². The first-order valence-electron chi connectivity index (χ1n) is 17.7. The van der Waals surface area contributed by atoms with Crippen LogP contribution in [0.25, 0.3) is 0 Å². The number of carbonyl (C=O) groups excluding carboxylic acids is 2. The Morgan fingerprint density at radius 2 is 1.55 bits per heavy atom. The van der Waals surface area contributed by atoms with Crippen LogP contribution in [0.2, 0.25) is 0 Å². The standard InChI is InChI=1S/C11H22O.C7H7N3O4.C7H8O.C7H14.C3H8.C3H6.2C2H2/c1-5-7-10(3)9-12-11(4)8-6-2;1-4(12)2-10-5(3-11)8-6(9-10)7(13)14;8-6-7-4-2-1-3-5-7;1-7-5-3-2-4-6-7;2*1-3-2;2*1-2/h7,11H,5-6,8-9H2,1-4H3;3H,2H2,1H3,(H,13,14);1-5,8H,6H2;7H,2-6H2,1H3;3H2,1-2H3;3H,1H2,2H3;2*1-2H/b10-7+;;;;;;;. The number of nitrogens with zero attached hydrogens (tertiary/aromatic N) is 3. The second-order valence-corrected chi connectivity index (χ2v) is 11.4. The number of aldehydes is 1. The van der Waals surface area contributed by atoms with Crippen molar-refractivity contribution < 1.29 is 29.3 Å². The van der Waals surface area contributed by atoms with Crippen molar-refractivity contribution >= 4 is 18.0 Å². The van der Waals surface area contributed by atoms with Crippen LogP contribution in [-0.4, -0.2) is 55.7 Å². The lowest BCUT2D eigenvalue weighted by atomic mass is 9.91. The number of carboxylic acid groups (broad SMARTS) is 1. The maximum Gasteiger partial charge on any atom is 0.375 e. The highest BCUT2D eigenvalue weighted by Gasteiger charge is 2.15. The van der Waals surface area contributed by atoms with Crippen molar-refractivity contribution in [2.45, 2.75) is 139 Å². The lowest BCUT2D eigenvalue weighted by Gasteiger charge is -2.15. The summed E-state index contributed by atoms with van der Waals surface area (Å²) in [7, 11) is 0. The number of benzene rings is 1. The molecule has 288 valence electrons. The molecule has 0 saturated heterocycles. The molecule has 0 bridgehead atoms. The molecule has 51 heavy (non-hydrogen) atoms. The number of rotatable bonds is 11. The van der Waals surface area contributed by atoms with Gasteiger partial charge in [-0.05, 0) is 52.0 Å². The minimum atomic E-state index is -1.34. The van der Waals surface area contributed by atoms with E-state index in [4.69, 9.17) is 14.9 Å². The van der Waals surface area contributed by atoms with Gasteiger partial charge < -0.3 is 14.9 Å². The molecule has 1 saturated carbocycles. The molecular formula is C42H69N3O6. The number of hydrogen-bond acceptors (Lipinski definition) is 7. The van der Waals surface area contributed by atoms with Gasteiger partial charge >= 0.3 is 5.97 Å². The summed E-state index contributed by atoms with van der Waals surface area (Å²) >= 11 is 0. The highest BCUT2D eigenvalue weighted by Crippen LogP contribution is 2.22. The van der Waals surface area contributed by atoms with E-state index in [-0.39, 0.29) is 24.8 Å². The molecular weight excluding hydrogens is 642 g/mol. The summed E-state index contributed by atoms with van der Waals surface area (Å²) in [6.45, 7) is 22.6. The van der Waals surface area contributed by atoms with E-state index in [2.05, 4.69) is 96.9 Å². The van der Waals surface area contributed by atoms with Gasteiger partial charge in [-0.2, -0.15) is 4.98 Å². The molecule has 0 aliphatic heterocycles. The van der Waals surface area contributed by atoms with Gasteiger partial charge in [0.2, 0.25) is 0 Å². The third kappa shape index (κ3) is 40.0. The van der Waals surface area contributed by atoms with E-state index >= 15 is 0 Å². The summed E-state index contributed by atoms with van der Waals surface area (Å²) in [6.07, 6.45) is 32.9. The highest BCUT2D eigenvalue weighted by molar-refractivity contribution is 5.84. The highest BCUT2D eigenvalue weighted by atomic mass is 16.5. The largest absolute Gasteiger partial charge is 0.475 e. The lowest BCUT2D eigenvalue weighted by Crippen LogP contribution is -2.11. The van der Waals surface area contributed by atoms with Crippen molar-refractivity contribution in [1.82, 2.24) is 14.8 Å². The zero-order chi connectivity index (χ0) is 40.5. The molecule has 3 rings (SSSR count). The number of Topliss-reactive ketones (excluding diaryl/α,β-unsaturated/α-hetero) is 1. The summed E-state index contributed by atoms with van der Waals surface area (Å²) in [5.74, 6) is -1.20. The Bertz CT molecular complexity index is 1160. The Kier molecular flexibility index (Phi) is 48.1. The zero-order valence-corrected chi connectivity index (χ0v) is 33.1. The van der Waals surface area contributed by atoms with Crippen molar-refractivity contribution in [3.8, 4) is 25.7 Å². The van der Waals surface area contributed by atoms with Gasteiger partial charge in [0, 0.05) is 0 Å². The second-order valence-electron chi connectivity index (χ2n) is 11.4. The smallest absolute Gasteiger partial charge is 0.375 e. The summed E-state index contributed by atoms with van der Waals surface area (Å²) in [6, 6.07) is 9.52. The average molecular weight is 712 g/mol. The van der Waals surface area contributed by atoms with Crippen LogP contribution in [0, 0.1) is 31.6 Å². The first kappa shape index (κ1) is 56.1. The number of carboxylic acids is 1. The van der Waals surface area contributed by atoms with Crippen LogP contribution in [0.4, 0.5) is 0 Å². The molecule has 1 aromatic carbocycles. The van der Waals surface area contributed by atoms with Crippen LogP contribution in [-0.2, 0) is 22.7 Å². The number of ether oxygens (including phenoxy) is 1. The zero-order valence-electron chi connectivity index (χ0n) is 33.1. The molecule has 9 nitrogen and oxygen atoms in total. The molecule has 2 N–H and O–H groups in total. The number of carbonyl (C=O) groups is 3. The van der Waals surface area contributed by atoms with Crippen molar-refractivity contribution in [2.24, 2.45) is 5.92 Å². The van der Waals surface area contributed by atoms with E-state index in [1.807, 2.05) is 37.3 Å².